The fourth-order valence-corrected chi connectivity index (χ4v) is 1.44. The molecule has 0 N–H and O–H groups in total. The molecule has 0 bridgehead atoms. The first kappa shape index (κ1) is 13.8. The van der Waals surface area contributed by atoms with Crippen molar-refractivity contribution >= 4 is 17.6 Å². The number of esters is 1. The Morgan fingerprint density at radius 3 is 2.71 bits per heavy atom. The topological polar surface area (TPSA) is 39.2 Å². The van der Waals surface area contributed by atoms with E-state index in [9.17, 15) is 18.0 Å². The van der Waals surface area contributed by atoms with Crippen molar-refractivity contribution in [2.24, 2.45) is 0 Å². The number of methoxy groups -OCH3 is 1. The molecule has 0 saturated heterocycles. The zero-order chi connectivity index (χ0) is 13.0. The third kappa shape index (κ3) is 3.09. The summed E-state index contributed by atoms with van der Waals surface area (Å²) in [7, 11) is 1.08. The molecule has 0 aliphatic rings. The van der Waals surface area contributed by atoms with Crippen LogP contribution in [0.4, 0.5) is 13.2 Å². The van der Waals surface area contributed by atoms with Crippen LogP contribution in [0.5, 0.6) is 0 Å². The van der Waals surface area contributed by atoms with Gasteiger partial charge in [0.25, 0.3) is 6.43 Å². The maximum atomic E-state index is 13.7. The molecule has 0 aromatic carbocycles. The summed E-state index contributed by atoms with van der Waals surface area (Å²) in [4.78, 5) is 14.4. The summed E-state index contributed by atoms with van der Waals surface area (Å²) in [5.74, 6) is -1.97. The average molecular weight is 268 g/mol. The Hall–Kier alpha value is -1.30. The molecule has 0 unspecified atom stereocenters. The Morgan fingerprint density at radius 2 is 2.24 bits per heavy atom. The molecule has 0 aliphatic heterocycles. The van der Waals surface area contributed by atoms with E-state index in [-0.39, 0.29) is 11.4 Å². The van der Waals surface area contributed by atoms with Crippen molar-refractivity contribution in [3.63, 3.8) is 0 Å². The summed E-state index contributed by atoms with van der Waals surface area (Å²) in [6, 6.07) is 0. The molecular formula is C10H9ClF3NO2. The molecule has 0 spiro atoms. The molecule has 3 nitrogen and oxygen atoms in total. The Kier molecular flexibility index (Phi) is 4.74. The van der Waals surface area contributed by atoms with Crippen molar-refractivity contribution in [3.05, 3.63) is 28.8 Å². The van der Waals surface area contributed by atoms with E-state index < -0.39 is 35.9 Å². The van der Waals surface area contributed by atoms with E-state index in [4.69, 9.17) is 11.6 Å². The van der Waals surface area contributed by atoms with Crippen molar-refractivity contribution in [1.82, 2.24) is 4.98 Å². The molecule has 7 heteroatoms. The van der Waals surface area contributed by atoms with E-state index in [0.29, 0.717) is 0 Å². The lowest BCUT2D eigenvalue weighted by atomic mass is 10.1. The third-order valence-electron chi connectivity index (χ3n) is 2.11. The van der Waals surface area contributed by atoms with Crippen molar-refractivity contribution in [1.29, 1.82) is 0 Å². The number of carbonyl (C=O) groups is 1. The van der Waals surface area contributed by atoms with Crippen LogP contribution in [-0.4, -0.2) is 18.1 Å². The predicted octanol–water partition coefficient (Wildman–Crippen LogP) is 2.61. The van der Waals surface area contributed by atoms with Crippen LogP contribution in [0.25, 0.3) is 0 Å². The standard InChI is InChI=1S/C10H9ClF3NO2/c1-17-7(16)2-6-8(12)5(3-11)4-15-9(6)10(13)14/h4,10H,2-3H2,1H3. The van der Waals surface area contributed by atoms with Gasteiger partial charge in [-0.2, -0.15) is 0 Å². The minimum atomic E-state index is -2.96. The molecule has 0 radical (unpaired) electrons. The van der Waals surface area contributed by atoms with E-state index in [2.05, 4.69) is 9.72 Å². The number of hydrogen-bond acceptors (Lipinski definition) is 3. The maximum Gasteiger partial charge on any atom is 0.310 e. The molecule has 1 aromatic heterocycles. The fraction of sp³-hybridized carbons (Fsp3) is 0.400. The first-order valence-electron chi connectivity index (χ1n) is 4.58. The third-order valence-corrected chi connectivity index (χ3v) is 2.40. The number of nitrogens with zero attached hydrogens (tertiary/aromatic N) is 1. The average Bonchev–Trinajstić information content (AvgIpc) is 2.30. The number of rotatable bonds is 4. The van der Waals surface area contributed by atoms with Gasteiger partial charge in [-0.25, -0.2) is 13.2 Å². The fourth-order valence-electron chi connectivity index (χ4n) is 1.25. The zero-order valence-electron chi connectivity index (χ0n) is 8.84. The quantitative estimate of drug-likeness (QED) is 0.622. The monoisotopic (exact) mass is 267 g/mol. The molecule has 1 rings (SSSR count). The first-order chi connectivity index (χ1) is 8.01. The van der Waals surface area contributed by atoms with Gasteiger partial charge in [0, 0.05) is 17.3 Å². The number of alkyl halides is 3. The lowest BCUT2D eigenvalue weighted by Crippen LogP contribution is -2.12. The number of aromatic nitrogens is 1. The molecular weight excluding hydrogens is 259 g/mol. The number of carbonyl (C=O) groups excluding carboxylic acids is 1. The Balaban J connectivity index is 3.24. The van der Waals surface area contributed by atoms with Gasteiger partial charge in [0.2, 0.25) is 0 Å². The summed E-state index contributed by atoms with van der Waals surface area (Å²) in [5, 5.41) is 0. The minimum absolute atomic E-state index is 0.0324. The molecule has 0 aliphatic carbocycles. The van der Waals surface area contributed by atoms with Crippen LogP contribution in [-0.2, 0) is 21.8 Å². The van der Waals surface area contributed by atoms with Gasteiger partial charge in [-0.1, -0.05) is 0 Å². The highest BCUT2D eigenvalue weighted by molar-refractivity contribution is 6.17. The second-order valence-corrected chi connectivity index (χ2v) is 3.42. The van der Waals surface area contributed by atoms with Crippen molar-refractivity contribution in [3.8, 4) is 0 Å². The highest BCUT2D eigenvalue weighted by Crippen LogP contribution is 2.25. The lowest BCUT2D eigenvalue weighted by Gasteiger charge is -2.10. The van der Waals surface area contributed by atoms with E-state index in [0.717, 1.165) is 13.3 Å². The van der Waals surface area contributed by atoms with Crippen molar-refractivity contribution in [2.45, 2.75) is 18.7 Å². The van der Waals surface area contributed by atoms with Gasteiger partial charge in [0.05, 0.1) is 19.4 Å². The molecule has 0 saturated carbocycles. The Labute approximate surface area is 101 Å². The van der Waals surface area contributed by atoms with E-state index >= 15 is 0 Å². The van der Waals surface area contributed by atoms with Gasteiger partial charge in [0.15, 0.2) is 0 Å². The van der Waals surface area contributed by atoms with Gasteiger partial charge in [-0.05, 0) is 0 Å². The zero-order valence-corrected chi connectivity index (χ0v) is 9.60. The second-order valence-electron chi connectivity index (χ2n) is 3.15. The molecule has 0 atom stereocenters. The largest absolute Gasteiger partial charge is 0.469 e. The first-order valence-corrected chi connectivity index (χ1v) is 5.11. The smallest absolute Gasteiger partial charge is 0.310 e. The molecule has 1 heterocycles. The number of hydrogen-bond donors (Lipinski definition) is 0. The SMILES string of the molecule is COC(=O)Cc1c(C(F)F)ncc(CCl)c1F. The van der Waals surface area contributed by atoms with Crippen LogP contribution < -0.4 is 0 Å². The summed E-state index contributed by atoms with van der Waals surface area (Å²) in [6.07, 6.45) is -2.63. The Bertz CT molecular complexity index is 426. The van der Waals surface area contributed by atoms with E-state index in [1.165, 1.54) is 0 Å². The lowest BCUT2D eigenvalue weighted by molar-refractivity contribution is -0.139. The van der Waals surface area contributed by atoms with Crippen LogP contribution in [0.2, 0.25) is 0 Å². The number of halogens is 4. The summed E-state index contributed by atoms with van der Waals surface area (Å²) >= 11 is 5.42. The molecule has 0 fully saturated rings. The molecule has 94 valence electrons. The van der Waals surface area contributed by atoms with Crippen LogP contribution in [0.15, 0.2) is 6.20 Å². The van der Waals surface area contributed by atoms with Gasteiger partial charge in [-0.15, -0.1) is 11.6 Å². The van der Waals surface area contributed by atoms with Crippen LogP contribution in [0, 0.1) is 5.82 Å². The van der Waals surface area contributed by atoms with Crippen molar-refractivity contribution in [2.75, 3.05) is 7.11 Å². The summed E-state index contributed by atoms with van der Waals surface area (Å²) in [5.41, 5.74) is -1.26. The van der Waals surface area contributed by atoms with Crippen LogP contribution in [0.3, 0.4) is 0 Å². The predicted molar refractivity (Wildman–Crippen MR) is 54.4 cm³/mol. The summed E-state index contributed by atoms with van der Waals surface area (Å²) < 4.78 is 43.2. The molecule has 0 amide bonds. The minimum Gasteiger partial charge on any atom is -0.469 e. The van der Waals surface area contributed by atoms with E-state index in [1.54, 1.807) is 0 Å². The maximum absolute atomic E-state index is 13.7. The van der Waals surface area contributed by atoms with Gasteiger partial charge < -0.3 is 4.74 Å². The highest BCUT2D eigenvalue weighted by Gasteiger charge is 2.23. The van der Waals surface area contributed by atoms with Crippen LogP contribution in [0.1, 0.15) is 23.2 Å². The van der Waals surface area contributed by atoms with Gasteiger partial charge in [0.1, 0.15) is 11.5 Å². The molecule has 17 heavy (non-hydrogen) atoms. The van der Waals surface area contributed by atoms with Gasteiger partial charge in [-0.3, -0.25) is 9.78 Å². The van der Waals surface area contributed by atoms with Crippen LogP contribution >= 0.6 is 11.6 Å². The van der Waals surface area contributed by atoms with Crippen molar-refractivity contribution < 1.29 is 22.7 Å². The normalized spacial score (nSPS) is 10.7. The number of ether oxygens (including phenoxy) is 1. The van der Waals surface area contributed by atoms with E-state index in [1.807, 2.05) is 0 Å². The highest BCUT2D eigenvalue weighted by atomic mass is 35.5. The number of pyridine rings is 1. The Morgan fingerprint density at radius 1 is 1.59 bits per heavy atom. The van der Waals surface area contributed by atoms with Gasteiger partial charge >= 0.3 is 5.97 Å². The summed E-state index contributed by atoms with van der Waals surface area (Å²) in [6.45, 7) is 0. The molecule has 1 aromatic rings. The second kappa shape index (κ2) is 5.86.